The number of fused-ring (bicyclic) bond motifs is 1. The summed E-state index contributed by atoms with van der Waals surface area (Å²) in [5.41, 5.74) is 0.326. The Morgan fingerprint density at radius 3 is 2.73 bits per heavy atom. The maximum Gasteiger partial charge on any atom is 0.305 e. The topological polar surface area (TPSA) is 71.3 Å². The number of aromatic nitrogens is 1. The summed E-state index contributed by atoms with van der Waals surface area (Å²) >= 11 is 6.00. The van der Waals surface area contributed by atoms with Crippen molar-refractivity contribution in [2.45, 2.75) is 37.8 Å². The predicted molar refractivity (Wildman–Crippen MR) is 83.9 cm³/mol. The van der Waals surface area contributed by atoms with Gasteiger partial charge in [-0.15, -0.1) is 0 Å². The van der Waals surface area contributed by atoms with Crippen LogP contribution in [0.5, 0.6) is 0 Å². The third-order valence-corrected chi connectivity index (χ3v) is 4.49. The molecular weight excluding hydrogens is 304 g/mol. The first-order valence-electron chi connectivity index (χ1n) is 7.25. The second-order valence-electron chi connectivity index (χ2n) is 5.90. The molecule has 116 valence electrons. The number of rotatable bonds is 5. The summed E-state index contributed by atoms with van der Waals surface area (Å²) in [5, 5.41) is 13.5. The van der Waals surface area contributed by atoms with Crippen molar-refractivity contribution < 1.29 is 14.7 Å². The molecule has 0 radical (unpaired) electrons. The number of halogens is 1. The van der Waals surface area contributed by atoms with Crippen molar-refractivity contribution >= 4 is 34.4 Å². The Labute approximate surface area is 132 Å². The molecule has 1 aliphatic rings. The van der Waals surface area contributed by atoms with Gasteiger partial charge < -0.3 is 15.0 Å². The van der Waals surface area contributed by atoms with Gasteiger partial charge in [0.15, 0.2) is 0 Å². The van der Waals surface area contributed by atoms with Crippen LogP contribution in [0.4, 0.5) is 0 Å². The van der Waals surface area contributed by atoms with E-state index in [2.05, 4.69) is 5.32 Å². The molecule has 1 aliphatic carbocycles. The number of hydrogen-bond donors (Lipinski definition) is 2. The van der Waals surface area contributed by atoms with E-state index in [1.165, 1.54) is 0 Å². The summed E-state index contributed by atoms with van der Waals surface area (Å²) in [5.74, 6) is -1.04. The number of hydrogen-bond acceptors (Lipinski definition) is 2. The van der Waals surface area contributed by atoms with E-state index in [1.54, 1.807) is 0 Å². The standard InChI is InChI=1S/C16H17ClN2O3/c17-12-3-2-11-4-7-19(13(11)8-12)10-14(20)18-16(5-1-6-16)9-15(21)22/h2-4,7-8H,1,5-6,9-10H2,(H,18,20)(H,21,22). The van der Waals surface area contributed by atoms with Crippen LogP contribution in [0.25, 0.3) is 10.9 Å². The molecule has 3 rings (SSSR count). The lowest BCUT2D eigenvalue weighted by atomic mass is 9.74. The van der Waals surface area contributed by atoms with Gasteiger partial charge in [-0.3, -0.25) is 9.59 Å². The zero-order chi connectivity index (χ0) is 15.7. The molecule has 0 bridgehead atoms. The van der Waals surface area contributed by atoms with Crippen molar-refractivity contribution in [2.24, 2.45) is 0 Å². The van der Waals surface area contributed by atoms with Crippen LogP contribution in [0.3, 0.4) is 0 Å². The van der Waals surface area contributed by atoms with Crippen LogP contribution < -0.4 is 5.32 Å². The van der Waals surface area contributed by atoms with Crippen molar-refractivity contribution in [1.82, 2.24) is 9.88 Å². The molecular formula is C16H17ClN2O3. The third-order valence-electron chi connectivity index (χ3n) is 4.25. The van der Waals surface area contributed by atoms with E-state index in [1.807, 2.05) is 35.0 Å². The Hall–Kier alpha value is -2.01. The van der Waals surface area contributed by atoms with Crippen LogP contribution in [0, 0.1) is 0 Å². The number of carbonyl (C=O) groups excluding carboxylic acids is 1. The maximum atomic E-state index is 12.3. The molecule has 1 amide bonds. The predicted octanol–water partition coefficient (Wildman–Crippen LogP) is 2.81. The lowest BCUT2D eigenvalue weighted by Crippen LogP contribution is -2.55. The third kappa shape index (κ3) is 2.95. The van der Waals surface area contributed by atoms with Gasteiger partial charge in [0.1, 0.15) is 6.54 Å². The first-order chi connectivity index (χ1) is 10.5. The molecule has 2 aromatic rings. The highest BCUT2D eigenvalue weighted by atomic mass is 35.5. The second-order valence-corrected chi connectivity index (χ2v) is 6.34. The SMILES string of the molecule is O=C(O)CC1(NC(=O)Cn2ccc3ccc(Cl)cc32)CCC1. The number of aliphatic carboxylic acids is 1. The van der Waals surface area contributed by atoms with Crippen molar-refractivity contribution in [3.05, 3.63) is 35.5 Å². The van der Waals surface area contributed by atoms with Crippen molar-refractivity contribution in [1.29, 1.82) is 0 Å². The van der Waals surface area contributed by atoms with E-state index in [4.69, 9.17) is 16.7 Å². The van der Waals surface area contributed by atoms with Gasteiger partial charge in [0, 0.05) is 16.7 Å². The van der Waals surface area contributed by atoms with Gasteiger partial charge in [-0.25, -0.2) is 0 Å². The van der Waals surface area contributed by atoms with E-state index < -0.39 is 11.5 Å². The van der Waals surface area contributed by atoms with E-state index in [-0.39, 0.29) is 18.9 Å². The van der Waals surface area contributed by atoms with E-state index in [0.29, 0.717) is 5.02 Å². The zero-order valence-electron chi connectivity index (χ0n) is 12.0. The molecule has 5 nitrogen and oxygen atoms in total. The minimum atomic E-state index is -0.877. The fourth-order valence-electron chi connectivity index (χ4n) is 3.02. The number of benzene rings is 1. The Morgan fingerprint density at radius 1 is 1.32 bits per heavy atom. The van der Waals surface area contributed by atoms with Gasteiger partial charge in [-0.05, 0) is 42.8 Å². The van der Waals surface area contributed by atoms with Crippen LogP contribution in [0.2, 0.25) is 5.02 Å². The van der Waals surface area contributed by atoms with Crippen LogP contribution >= 0.6 is 11.6 Å². The minimum absolute atomic E-state index is 0.0169. The lowest BCUT2D eigenvalue weighted by Gasteiger charge is -2.41. The maximum absolute atomic E-state index is 12.3. The van der Waals surface area contributed by atoms with Crippen molar-refractivity contribution in [3.8, 4) is 0 Å². The summed E-state index contributed by atoms with van der Waals surface area (Å²) in [6.07, 6.45) is 4.23. The van der Waals surface area contributed by atoms with Gasteiger partial charge in [0.25, 0.3) is 0 Å². The summed E-state index contributed by atoms with van der Waals surface area (Å²) < 4.78 is 1.82. The van der Waals surface area contributed by atoms with Crippen LogP contribution in [-0.2, 0) is 16.1 Å². The van der Waals surface area contributed by atoms with E-state index in [0.717, 1.165) is 30.2 Å². The molecule has 1 aromatic heterocycles. The number of amides is 1. The van der Waals surface area contributed by atoms with Gasteiger partial charge >= 0.3 is 5.97 Å². The van der Waals surface area contributed by atoms with Gasteiger partial charge in [-0.2, -0.15) is 0 Å². The average molecular weight is 321 g/mol. The second kappa shape index (κ2) is 5.65. The summed E-state index contributed by atoms with van der Waals surface area (Å²) in [4.78, 5) is 23.2. The molecule has 2 N–H and O–H groups in total. The largest absolute Gasteiger partial charge is 0.481 e. The summed E-state index contributed by atoms with van der Waals surface area (Å²) in [6, 6.07) is 7.46. The average Bonchev–Trinajstić information content (AvgIpc) is 2.78. The van der Waals surface area contributed by atoms with Crippen LogP contribution in [0.15, 0.2) is 30.5 Å². The number of nitrogens with zero attached hydrogens (tertiary/aromatic N) is 1. The Bertz CT molecular complexity index is 734. The highest BCUT2D eigenvalue weighted by Gasteiger charge is 2.40. The Kier molecular flexibility index (Phi) is 3.83. The fraction of sp³-hybridized carbons (Fsp3) is 0.375. The molecule has 6 heteroatoms. The number of carboxylic acids is 1. The van der Waals surface area contributed by atoms with Crippen molar-refractivity contribution in [3.63, 3.8) is 0 Å². The lowest BCUT2D eigenvalue weighted by molar-refractivity contribution is -0.140. The van der Waals surface area contributed by atoms with E-state index >= 15 is 0 Å². The number of carbonyl (C=O) groups is 2. The first kappa shape index (κ1) is 14.9. The van der Waals surface area contributed by atoms with Gasteiger partial charge in [0.05, 0.1) is 12.0 Å². The highest BCUT2D eigenvalue weighted by molar-refractivity contribution is 6.31. The van der Waals surface area contributed by atoms with Crippen LogP contribution in [-0.4, -0.2) is 27.1 Å². The van der Waals surface area contributed by atoms with E-state index in [9.17, 15) is 9.59 Å². The fourth-order valence-corrected chi connectivity index (χ4v) is 3.19. The Morgan fingerprint density at radius 2 is 2.09 bits per heavy atom. The smallest absolute Gasteiger partial charge is 0.305 e. The molecule has 0 atom stereocenters. The Balaban J connectivity index is 1.73. The minimum Gasteiger partial charge on any atom is -0.481 e. The summed E-state index contributed by atoms with van der Waals surface area (Å²) in [7, 11) is 0. The quantitative estimate of drug-likeness (QED) is 0.890. The molecule has 1 heterocycles. The normalized spacial score (nSPS) is 16.2. The molecule has 1 aromatic carbocycles. The number of carboxylic acid groups (broad SMARTS) is 1. The summed E-state index contributed by atoms with van der Waals surface area (Å²) in [6.45, 7) is 0.158. The monoisotopic (exact) mass is 320 g/mol. The van der Waals surface area contributed by atoms with Crippen LogP contribution in [0.1, 0.15) is 25.7 Å². The van der Waals surface area contributed by atoms with Crippen molar-refractivity contribution in [2.75, 3.05) is 0 Å². The molecule has 1 fully saturated rings. The highest BCUT2D eigenvalue weighted by Crippen LogP contribution is 2.35. The van der Waals surface area contributed by atoms with Gasteiger partial charge in [0.2, 0.25) is 5.91 Å². The molecule has 0 saturated heterocycles. The molecule has 0 spiro atoms. The molecule has 1 saturated carbocycles. The number of nitrogens with one attached hydrogen (secondary N) is 1. The first-order valence-corrected chi connectivity index (χ1v) is 7.62. The zero-order valence-corrected chi connectivity index (χ0v) is 12.8. The van der Waals surface area contributed by atoms with Gasteiger partial charge in [-0.1, -0.05) is 17.7 Å². The molecule has 0 unspecified atom stereocenters. The molecule has 22 heavy (non-hydrogen) atoms. The molecule has 0 aliphatic heterocycles.